The average molecular weight is 241 g/mol. The van der Waals surface area contributed by atoms with Crippen molar-refractivity contribution in [1.82, 2.24) is 4.98 Å². The van der Waals surface area contributed by atoms with Gasteiger partial charge in [0.05, 0.1) is 17.3 Å². The molecule has 0 aromatic carbocycles. The van der Waals surface area contributed by atoms with E-state index in [-0.39, 0.29) is 6.61 Å². The molecular formula is C12H17ClN2O. The van der Waals surface area contributed by atoms with Crippen LogP contribution in [0.1, 0.15) is 19.5 Å². The Kier molecular flexibility index (Phi) is 4.77. The molecule has 0 aliphatic rings. The number of halogens is 1. The lowest BCUT2D eigenvalue weighted by Gasteiger charge is -2.22. The van der Waals surface area contributed by atoms with Crippen molar-refractivity contribution in [3.05, 3.63) is 35.0 Å². The fraction of sp³-hybridized carbons (Fsp3) is 0.417. The highest BCUT2D eigenvalue weighted by Crippen LogP contribution is 2.19. The van der Waals surface area contributed by atoms with Gasteiger partial charge in [-0.25, -0.2) is 4.98 Å². The summed E-state index contributed by atoms with van der Waals surface area (Å²) in [4.78, 5) is 6.40. The summed E-state index contributed by atoms with van der Waals surface area (Å²) < 4.78 is 0. The predicted molar refractivity (Wildman–Crippen MR) is 67.9 cm³/mol. The van der Waals surface area contributed by atoms with Gasteiger partial charge in [-0.15, -0.1) is 0 Å². The summed E-state index contributed by atoms with van der Waals surface area (Å²) in [6.45, 7) is 9.37. The van der Waals surface area contributed by atoms with Crippen molar-refractivity contribution in [2.45, 2.75) is 20.5 Å². The van der Waals surface area contributed by atoms with Crippen molar-refractivity contribution in [2.24, 2.45) is 0 Å². The number of hydrogen-bond donors (Lipinski definition) is 1. The van der Waals surface area contributed by atoms with E-state index in [2.05, 4.69) is 23.4 Å². The Bertz CT molecular complexity index is 379. The Balaban J connectivity index is 2.96. The number of anilines is 1. The van der Waals surface area contributed by atoms with E-state index in [0.29, 0.717) is 10.7 Å². The number of aromatic nitrogens is 1. The number of hydrogen-bond acceptors (Lipinski definition) is 3. The summed E-state index contributed by atoms with van der Waals surface area (Å²) in [7, 11) is 0. The highest BCUT2D eigenvalue weighted by molar-refractivity contribution is 6.31. The number of pyridine rings is 1. The SMILES string of the molecule is C=C(C)CN(CC)c1ccc(Cl)c(CO)n1. The first-order valence-corrected chi connectivity index (χ1v) is 5.61. The van der Waals surface area contributed by atoms with Crippen LogP contribution >= 0.6 is 11.6 Å². The average Bonchev–Trinajstić information content (AvgIpc) is 2.26. The zero-order valence-corrected chi connectivity index (χ0v) is 10.5. The standard InChI is InChI=1S/C12H17ClN2O/c1-4-15(7-9(2)3)12-6-5-10(13)11(8-16)14-12/h5-6,16H,2,4,7-8H2,1,3H3. The Morgan fingerprint density at radius 1 is 1.56 bits per heavy atom. The van der Waals surface area contributed by atoms with Crippen LogP contribution in [0.25, 0.3) is 0 Å². The topological polar surface area (TPSA) is 36.4 Å². The van der Waals surface area contributed by atoms with E-state index < -0.39 is 0 Å². The van der Waals surface area contributed by atoms with E-state index in [0.717, 1.165) is 24.5 Å². The quantitative estimate of drug-likeness (QED) is 0.804. The monoisotopic (exact) mass is 240 g/mol. The van der Waals surface area contributed by atoms with Crippen molar-refractivity contribution < 1.29 is 5.11 Å². The summed E-state index contributed by atoms with van der Waals surface area (Å²) >= 11 is 5.89. The molecule has 0 atom stereocenters. The maximum Gasteiger partial charge on any atom is 0.129 e. The lowest BCUT2D eigenvalue weighted by atomic mass is 10.3. The molecule has 0 aliphatic carbocycles. The highest BCUT2D eigenvalue weighted by atomic mass is 35.5. The minimum atomic E-state index is -0.142. The Hall–Kier alpha value is -1.06. The minimum absolute atomic E-state index is 0.142. The summed E-state index contributed by atoms with van der Waals surface area (Å²) in [5.74, 6) is 0.818. The van der Waals surface area contributed by atoms with E-state index in [9.17, 15) is 0 Å². The molecule has 0 bridgehead atoms. The van der Waals surface area contributed by atoms with E-state index in [4.69, 9.17) is 16.7 Å². The zero-order valence-electron chi connectivity index (χ0n) is 9.70. The maximum atomic E-state index is 9.10. The molecule has 0 aliphatic heterocycles. The van der Waals surface area contributed by atoms with Gasteiger partial charge in [0.15, 0.2) is 0 Å². The normalized spacial score (nSPS) is 10.2. The van der Waals surface area contributed by atoms with Crippen LogP contribution in [0.2, 0.25) is 5.02 Å². The maximum absolute atomic E-state index is 9.10. The van der Waals surface area contributed by atoms with Gasteiger partial charge in [0.2, 0.25) is 0 Å². The predicted octanol–water partition coefficient (Wildman–Crippen LogP) is 2.63. The molecule has 1 rings (SSSR count). The molecule has 3 nitrogen and oxygen atoms in total. The number of likely N-dealkylation sites (N-methyl/N-ethyl adjacent to an activating group) is 1. The molecule has 88 valence electrons. The summed E-state index contributed by atoms with van der Waals surface area (Å²) in [5, 5.41) is 9.59. The second-order valence-corrected chi connectivity index (χ2v) is 4.13. The van der Waals surface area contributed by atoms with Crippen molar-refractivity contribution in [3.8, 4) is 0 Å². The second kappa shape index (κ2) is 5.87. The van der Waals surface area contributed by atoms with Crippen LogP contribution in [0.4, 0.5) is 5.82 Å². The third-order valence-corrected chi connectivity index (χ3v) is 2.56. The zero-order chi connectivity index (χ0) is 12.1. The van der Waals surface area contributed by atoms with E-state index >= 15 is 0 Å². The van der Waals surface area contributed by atoms with E-state index in [1.54, 1.807) is 6.07 Å². The van der Waals surface area contributed by atoms with E-state index in [1.807, 2.05) is 13.0 Å². The van der Waals surface area contributed by atoms with Crippen molar-refractivity contribution >= 4 is 17.4 Å². The Labute approximate surface area is 101 Å². The molecule has 0 saturated carbocycles. The number of aliphatic hydroxyl groups is 1. The molecule has 1 aromatic rings. The molecular weight excluding hydrogens is 224 g/mol. The minimum Gasteiger partial charge on any atom is -0.390 e. The first-order chi connectivity index (χ1) is 7.58. The second-order valence-electron chi connectivity index (χ2n) is 3.73. The third-order valence-electron chi connectivity index (χ3n) is 2.22. The van der Waals surface area contributed by atoms with Gasteiger partial charge in [-0.2, -0.15) is 0 Å². The molecule has 0 spiro atoms. The highest BCUT2D eigenvalue weighted by Gasteiger charge is 2.08. The first-order valence-electron chi connectivity index (χ1n) is 5.24. The van der Waals surface area contributed by atoms with Crippen LogP contribution in [0.3, 0.4) is 0 Å². The van der Waals surface area contributed by atoms with Gasteiger partial charge >= 0.3 is 0 Å². The van der Waals surface area contributed by atoms with Crippen molar-refractivity contribution in [2.75, 3.05) is 18.0 Å². The fourth-order valence-corrected chi connectivity index (χ4v) is 1.61. The first kappa shape index (κ1) is 13.0. The number of aliphatic hydroxyl groups excluding tert-OH is 1. The molecule has 1 aromatic heterocycles. The van der Waals surface area contributed by atoms with Crippen LogP contribution in [-0.2, 0) is 6.61 Å². The van der Waals surface area contributed by atoms with E-state index in [1.165, 1.54) is 0 Å². The third kappa shape index (κ3) is 3.22. The molecule has 0 radical (unpaired) electrons. The largest absolute Gasteiger partial charge is 0.390 e. The van der Waals surface area contributed by atoms with Crippen LogP contribution in [-0.4, -0.2) is 23.2 Å². The molecule has 0 saturated heterocycles. The fourth-order valence-electron chi connectivity index (χ4n) is 1.44. The van der Waals surface area contributed by atoms with Crippen LogP contribution in [0.15, 0.2) is 24.3 Å². The van der Waals surface area contributed by atoms with Crippen LogP contribution in [0, 0.1) is 0 Å². The summed E-state index contributed by atoms with van der Waals surface area (Å²) in [6.07, 6.45) is 0. The molecule has 16 heavy (non-hydrogen) atoms. The van der Waals surface area contributed by atoms with Crippen LogP contribution in [0.5, 0.6) is 0 Å². The number of rotatable bonds is 5. The van der Waals surface area contributed by atoms with Gasteiger partial charge in [0.25, 0.3) is 0 Å². The molecule has 1 heterocycles. The summed E-state index contributed by atoms with van der Waals surface area (Å²) in [5.41, 5.74) is 1.59. The Morgan fingerprint density at radius 2 is 2.25 bits per heavy atom. The molecule has 0 unspecified atom stereocenters. The molecule has 4 heteroatoms. The molecule has 0 fully saturated rings. The van der Waals surface area contributed by atoms with Gasteiger partial charge in [-0.3, -0.25) is 0 Å². The van der Waals surface area contributed by atoms with Gasteiger partial charge in [0, 0.05) is 13.1 Å². The molecule has 1 N–H and O–H groups in total. The van der Waals surface area contributed by atoms with Crippen molar-refractivity contribution in [3.63, 3.8) is 0 Å². The smallest absolute Gasteiger partial charge is 0.129 e. The number of nitrogens with zero attached hydrogens (tertiary/aromatic N) is 2. The summed E-state index contributed by atoms with van der Waals surface area (Å²) in [6, 6.07) is 3.62. The lowest BCUT2D eigenvalue weighted by molar-refractivity contribution is 0.277. The molecule has 0 amide bonds. The lowest BCUT2D eigenvalue weighted by Crippen LogP contribution is -2.25. The van der Waals surface area contributed by atoms with Crippen molar-refractivity contribution in [1.29, 1.82) is 0 Å². The van der Waals surface area contributed by atoms with Gasteiger partial charge in [-0.05, 0) is 26.0 Å². The van der Waals surface area contributed by atoms with Gasteiger partial charge < -0.3 is 10.0 Å². The van der Waals surface area contributed by atoms with Gasteiger partial charge in [0.1, 0.15) is 5.82 Å². The Morgan fingerprint density at radius 3 is 2.75 bits per heavy atom. The van der Waals surface area contributed by atoms with Crippen LogP contribution < -0.4 is 4.90 Å². The van der Waals surface area contributed by atoms with Gasteiger partial charge in [-0.1, -0.05) is 23.8 Å².